The van der Waals surface area contributed by atoms with E-state index in [-0.39, 0.29) is 40.8 Å². The lowest BCUT2D eigenvalue weighted by Gasteiger charge is -2.13. The largest absolute Gasteiger partial charge is 0.493 e. The number of hydrogen-bond acceptors (Lipinski definition) is 6. The Balaban J connectivity index is 1.57. The second-order valence-electron chi connectivity index (χ2n) is 6.87. The van der Waals surface area contributed by atoms with E-state index < -0.39 is 11.8 Å². The van der Waals surface area contributed by atoms with Gasteiger partial charge in [-0.2, -0.15) is 9.65 Å². The SMILES string of the molecule is N#Cc1cn2c(NCc3c(F)ccc4c3CCO4)ncc(-c3cc(F)cnc3F)c2n1. The Morgan fingerprint density at radius 1 is 1.16 bits per heavy atom. The van der Waals surface area contributed by atoms with Crippen LogP contribution in [0.25, 0.3) is 16.8 Å². The molecule has 5 rings (SSSR count). The number of rotatable bonds is 4. The highest BCUT2D eigenvalue weighted by atomic mass is 19.1. The summed E-state index contributed by atoms with van der Waals surface area (Å²) in [6.45, 7) is 0.596. The average molecular weight is 422 g/mol. The molecule has 1 N–H and O–H groups in total. The standard InChI is InChI=1S/C21H13F3N6O/c22-11-5-14(19(24)26-7-11)16-9-28-21(30-10-12(6-25)29-20(16)30)27-8-15-13-3-4-31-18(13)2-1-17(15)23/h1-2,5,7,9-10H,3-4,8H2,(H,27,28). The molecule has 0 spiro atoms. The van der Waals surface area contributed by atoms with Crippen LogP contribution < -0.4 is 10.1 Å². The molecule has 3 aromatic heterocycles. The Morgan fingerprint density at radius 3 is 2.87 bits per heavy atom. The molecule has 0 unspecified atom stereocenters. The molecule has 4 heterocycles. The number of nitriles is 1. The highest BCUT2D eigenvalue weighted by Crippen LogP contribution is 2.31. The Kier molecular flexibility index (Phi) is 4.43. The van der Waals surface area contributed by atoms with E-state index in [4.69, 9.17) is 4.74 Å². The van der Waals surface area contributed by atoms with Gasteiger partial charge in [0, 0.05) is 41.4 Å². The van der Waals surface area contributed by atoms with Gasteiger partial charge >= 0.3 is 0 Å². The molecule has 1 aliphatic heterocycles. The molecular weight excluding hydrogens is 409 g/mol. The summed E-state index contributed by atoms with van der Waals surface area (Å²) >= 11 is 0. The van der Waals surface area contributed by atoms with Crippen molar-refractivity contribution in [2.45, 2.75) is 13.0 Å². The van der Waals surface area contributed by atoms with Crippen molar-refractivity contribution >= 4 is 11.6 Å². The van der Waals surface area contributed by atoms with Crippen molar-refractivity contribution in [3.63, 3.8) is 0 Å². The summed E-state index contributed by atoms with van der Waals surface area (Å²) < 4.78 is 49.2. The first-order chi connectivity index (χ1) is 15.0. The summed E-state index contributed by atoms with van der Waals surface area (Å²) in [5, 5.41) is 12.3. The number of ether oxygens (including phenoxy) is 1. The molecule has 1 aliphatic rings. The molecule has 0 saturated heterocycles. The molecule has 0 saturated carbocycles. The number of fused-ring (bicyclic) bond motifs is 2. The second kappa shape index (κ2) is 7.28. The lowest BCUT2D eigenvalue weighted by molar-refractivity contribution is 0.356. The predicted molar refractivity (Wildman–Crippen MR) is 104 cm³/mol. The van der Waals surface area contributed by atoms with Gasteiger partial charge in [0.05, 0.1) is 19.0 Å². The van der Waals surface area contributed by atoms with Crippen LogP contribution in [-0.4, -0.2) is 26.0 Å². The molecule has 10 heteroatoms. The highest BCUT2D eigenvalue weighted by molar-refractivity contribution is 5.78. The Morgan fingerprint density at radius 2 is 2.03 bits per heavy atom. The van der Waals surface area contributed by atoms with Gasteiger partial charge in [-0.15, -0.1) is 0 Å². The Bertz CT molecular complexity index is 1380. The van der Waals surface area contributed by atoms with Gasteiger partial charge in [-0.25, -0.2) is 23.7 Å². The van der Waals surface area contributed by atoms with E-state index in [0.29, 0.717) is 24.3 Å². The number of aromatic nitrogens is 4. The minimum absolute atomic E-state index is 0.0576. The molecule has 1 aromatic carbocycles. The predicted octanol–water partition coefficient (Wildman–Crippen LogP) is 3.63. The van der Waals surface area contributed by atoms with Crippen molar-refractivity contribution in [2.24, 2.45) is 0 Å². The first-order valence-electron chi connectivity index (χ1n) is 9.31. The van der Waals surface area contributed by atoms with Gasteiger partial charge in [-0.1, -0.05) is 0 Å². The molecule has 0 fully saturated rings. The normalized spacial score (nSPS) is 12.5. The summed E-state index contributed by atoms with van der Waals surface area (Å²) in [4.78, 5) is 11.8. The van der Waals surface area contributed by atoms with Crippen LogP contribution in [-0.2, 0) is 13.0 Å². The van der Waals surface area contributed by atoms with E-state index in [1.807, 2.05) is 6.07 Å². The minimum atomic E-state index is -0.894. The fourth-order valence-electron chi connectivity index (χ4n) is 3.64. The van der Waals surface area contributed by atoms with Gasteiger partial charge in [-0.3, -0.25) is 4.40 Å². The van der Waals surface area contributed by atoms with Gasteiger partial charge in [0.2, 0.25) is 11.9 Å². The van der Waals surface area contributed by atoms with Crippen LogP contribution in [0.15, 0.2) is 36.8 Å². The van der Waals surface area contributed by atoms with Crippen molar-refractivity contribution < 1.29 is 17.9 Å². The maximum absolute atomic E-state index is 14.4. The monoisotopic (exact) mass is 422 g/mol. The van der Waals surface area contributed by atoms with Crippen molar-refractivity contribution in [1.82, 2.24) is 19.4 Å². The summed E-state index contributed by atoms with van der Waals surface area (Å²) in [7, 11) is 0. The summed E-state index contributed by atoms with van der Waals surface area (Å²) in [6.07, 6.45) is 4.08. The maximum Gasteiger partial charge on any atom is 0.221 e. The molecule has 154 valence electrons. The zero-order valence-electron chi connectivity index (χ0n) is 15.9. The molecule has 0 bridgehead atoms. The quantitative estimate of drug-likeness (QED) is 0.506. The molecule has 0 atom stereocenters. The maximum atomic E-state index is 14.4. The molecule has 31 heavy (non-hydrogen) atoms. The van der Waals surface area contributed by atoms with Crippen LogP contribution in [0.2, 0.25) is 0 Å². The van der Waals surface area contributed by atoms with E-state index in [2.05, 4.69) is 20.3 Å². The van der Waals surface area contributed by atoms with E-state index in [9.17, 15) is 18.4 Å². The smallest absolute Gasteiger partial charge is 0.221 e. The lowest BCUT2D eigenvalue weighted by Crippen LogP contribution is -2.10. The Hall–Kier alpha value is -4.13. The Labute approximate surface area is 173 Å². The zero-order chi connectivity index (χ0) is 21.5. The number of nitrogens with one attached hydrogen (secondary N) is 1. The van der Waals surface area contributed by atoms with E-state index in [1.165, 1.54) is 22.9 Å². The van der Waals surface area contributed by atoms with Crippen molar-refractivity contribution in [3.8, 4) is 22.9 Å². The van der Waals surface area contributed by atoms with Crippen LogP contribution in [0.4, 0.5) is 19.1 Å². The van der Waals surface area contributed by atoms with Gasteiger partial charge in [0.25, 0.3) is 0 Å². The summed E-state index contributed by atoms with van der Waals surface area (Å²) in [5.74, 6) is -1.09. The molecule has 0 aliphatic carbocycles. The first kappa shape index (κ1) is 18.9. The van der Waals surface area contributed by atoms with Gasteiger partial charge in [0.1, 0.15) is 23.5 Å². The number of imidazole rings is 1. The zero-order valence-corrected chi connectivity index (χ0v) is 15.9. The fourth-order valence-corrected chi connectivity index (χ4v) is 3.64. The third-order valence-corrected chi connectivity index (χ3v) is 5.07. The number of hydrogen-bond donors (Lipinski definition) is 1. The number of anilines is 1. The number of benzene rings is 1. The molecular formula is C21H13F3N6O. The van der Waals surface area contributed by atoms with Crippen LogP contribution in [0.5, 0.6) is 5.75 Å². The highest BCUT2D eigenvalue weighted by Gasteiger charge is 2.21. The fraction of sp³-hybridized carbons (Fsp3) is 0.143. The van der Waals surface area contributed by atoms with E-state index in [0.717, 1.165) is 17.8 Å². The minimum Gasteiger partial charge on any atom is -0.493 e. The van der Waals surface area contributed by atoms with Crippen LogP contribution in [0.3, 0.4) is 0 Å². The summed E-state index contributed by atoms with van der Waals surface area (Å²) in [5.41, 5.74) is 1.51. The average Bonchev–Trinajstić information content (AvgIpc) is 3.42. The van der Waals surface area contributed by atoms with Crippen LogP contribution in [0, 0.1) is 28.9 Å². The van der Waals surface area contributed by atoms with Gasteiger partial charge in [-0.05, 0) is 18.2 Å². The molecule has 0 radical (unpaired) electrons. The van der Waals surface area contributed by atoms with Gasteiger partial charge < -0.3 is 10.1 Å². The third kappa shape index (κ3) is 3.20. The second-order valence-corrected chi connectivity index (χ2v) is 6.87. The van der Waals surface area contributed by atoms with Crippen LogP contribution >= 0.6 is 0 Å². The number of halogens is 3. The van der Waals surface area contributed by atoms with Gasteiger partial charge in [0.15, 0.2) is 11.3 Å². The van der Waals surface area contributed by atoms with E-state index in [1.54, 1.807) is 6.07 Å². The van der Waals surface area contributed by atoms with Crippen molar-refractivity contribution in [1.29, 1.82) is 5.26 Å². The van der Waals surface area contributed by atoms with Crippen LogP contribution in [0.1, 0.15) is 16.8 Å². The number of nitrogens with zero attached hydrogens (tertiary/aromatic N) is 5. The lowest BCUT2D eigenvalue weighted by atomic mass is 10.0. The van der Waals surface area contributed by atoms with E-state index >= 15 is 0 Å². The van der Waals surface area contributed by atoms with Crippen molar-refractivity contribution in [2.75, 3.05) is 11.9 Å². The number of pyridine rings is 1. The summed E-state index contributed by atoms with van der Waals surface area (Å²) in [6, 6.07) is 5.85. The molecule has 7 nitrogen and oxygen atoms in total. The molecule has 4 aromatic rings. The third-order valence-electron chi connectivity index (χ3n) is 5.07. The first-order valence-corrected chi connectivity index (χ1v) is 9.31. The topological polar surface area (TPSA) is 88.1 Å². The van der Waals surface area contributed by atoms with Crippen molar-refractivity contribution in [3.05, 3.63) is 71.2 Å². The molecule has 0 amide bonds.